The van der Waals surface area contributed by atoms with Crippen LogP contribution in [0.2, 0.25) is 5.02 Å². The molecular formula is C13H11ClN4O2. The Morgan fingerprint density at radius 2 is 1.90 bits per heavy atom. The number of benzene rings is 1. The Labute approximate surface area is 120 Å². The van der Waals surface area contributed by atoms with Crippen molar-refractivity contribution >= 4 is 23.1 Å². The molecule has 2 rings (SSSR count). The molecule has 0 aliphatic heterocycles. The predicted molar refractivity (Wildman–Crippen MR) is 74.6 cm³/mol. The molecular weight excluding hydrogens is 280 g/mol. The van der Waals surface area contributed by atoms with E-state index in [2.05, 4.69) is 15.3 Å². The van der Waals surface area contributed by atoms with Crippen LogP contribution in [0.5, 0.6) is 11.5 Å². The molecule has 0 atom stereocenters. The van der Waals surface area contributed by atoms with Crippen LogP contribution < -0.4 is 14.8 Å². The van der Waals surface area contributed by atoms with Gasteiger partial charge in [-0.05, 0) is 6.07 Å². The fourth-order valence-corrected chi connectivity index (χ4v) is 1.79. The summed E-state index contributed by atoms with van der Waals surface area (Å²) in [5, 5.41) is 12.1. The number of nitriles is 1. The van der Waals surface area contributed by atoms with E-state index in [1.54, 1.807) is 12.1 Å². The van der Waals surface area contributed by atoms with Gasteiger partial charge < -0.3 is 14.8 Å². The minimum Gasteiger partial charge on any atom is -0.495 e. The minimum absolute atomic E-state index is 0.246. The van der Waals surface area contributed by atoms with Crippen molar-refractivity contribution in [2.75, 3.05) is 19.5 Å². The van der Waals surface area contributed by atoms with Gasteiger partial charge in [0, 0.05) is 6.07 Å². The number of nitrogens with one attached hydrogen (secondary N) is 1. The van der Waals surface area contributed by atoms with Crippen LogP contribution in [0.4, 0.5) is 11.5 Å². The molecule has 102 valence electrons. The number of anilines is 2. The number of methoxy groups -OCH3 is 2. The Bertz CT molecular complexity index is 653. The van der Waals surface area contributed by atoms with Crippen molar-refractivity contribution in [1.82, 2.24) is 9.97 Å². The second-order valence-corrected chi connectivity index (χ2v) is 4.12. The maximum Gasteiger partial charge on any atom is 0.158 e. The summed E-state index contributed by atoms with van der Waals surface area (Å²) in [7, 11) is 3.07. The highest BCUT2D eigenvalue weighted by Crippen LogP contribution is 2.36. The van der Waals surface area contributed by atoms with Crippen LogP contribution in [0, 0.1) is 11.3 Å². The first kappa shape index (κ1) is 13.9. The van der Waals surface area contributed by atoms with Crippen LogP contribution >= 0.6 is 11.6 Å². The van der Waals surface area contributed by atoms with E-state index in [1.165, 1.54) is 26.6 Å². The summed E-state index contributed by atoms with van der Waals surface area (Å²) in [6.07, 6.45) is 2.83. The van der Waals surface area contributed by atoms with E-state index in [4.69, 9.17) is 26.3 Å². The molecule has 0 spiro atoms. The van der Waals surface area contributed by atoms with Crippen LogP contribution in [-0.4, -0.2) is 24.2 Å². The van der Waals surface area contributed by atoms with Crippen LogP contribution in [0.25, 0.3) is 0 Å². The summed E-state index contributed by atoms with van der Waals surface area (Å²) in [5.41, 5.74) is 0.868. The number of ether oxygens (including phenoxy) is 2. The van der Waals surface area contributed by atoms with Crippen LogP contribution in [-0.2, 0) is 0 Å². The number of nitrogens with zero attached hydrogens (tertiary/aromatic N) is 3. The van der Waals surface area contributed by atoms with E-state index in [0.29, 0.717) is 28.0 Å². The van der Waals surface area contributed by atoms with Gasteiger partial charge in [0.1, 0.15) is 23.4 Å². The number of hydrogen-bond acceptors (Lipinski definition) is 6. The molecule has 2 aromatic rings. The van der Waals surface area contributed by atoms with Crippen molar-refractivity contribution in [2.45, 2.75) is 0 Å². The molecule has 0 amide bonds. The first-order chi connectivity index (χ1) is 9.67. The van der Waals surface area contributed by atoms with E-state index >= 15 is 0 Å². The zero-order chi connectivity index (χ0) is 14.5. The number of aromatic nitrogens is 2. The molecule has 1 N–H and O–H groups in total. The van der Waals surface area contributed by atoms with E-state index in [1.807, 2.05) is 6.07 Å². The molecule has 1 aromatic heterocycles. The van der Waals surface area contributed by atoms with Gasteiger partial charge in [-0.25, -0.2) is 9.97 Å². The predicted octanol–water partition coefficient (Wildman–Crippen LogP) is 2.76. The number of rotatable bonds is 4. The Kier molecular flexibility index (Phi) is 4.23. The lowest BCUT2D eigenvalue weighted by molar-refractivity contribution is 0.396. The molecule has 0 unspecified atom stereocenters. The summed E-state index contributed by atoms with van der Waals surface area (Å²) in [4.78, 5) is 7.99. The summed E-state index contributed by atoms with van der Waals surface area (Å²) in [6.45, 7) is 0. The highest BCUT2D eigenvalue weighted by atomic mass is 35.5. The van der Waals surface area contributed by atoms with E-state index in [9.17, 15) is 0 Å². The maximum absolute atomic E-state index is 8.67. The normalized spacial score (nSPS) is 9.70. The minimum atomic E-state index is 0.246. The van der Waals surface area contributed by atoms with E-state index in [0.717, 1.165) is 0 Å². The van der Waals surface area contributed by atoms with Gasteiger partial charge in [0.25, 0.3) is 0 Å². The topological polar surface area (TPSA) is 80.1 Å². The quantitative estimate of drug-likeness (QED) is 0.932. The number of halogens is 1. The molecule has 6 nitrogen and oxygen atoms in total. The Morgan fingerprint density at radius 3 is 2.45 bits per heavy atom. The Morgan fingerprint density at radius 1 is 1.15 bits per heavy atom. The van der Waals surface area contributed by atoms with Crippen molar-refractivity contribution in [3.8, 4) is 17.6 Å². The molecule has 0 aliphatic rings. The van der Waals surface area contributed by atoms with Crippen molar-refractivity contribution in [1.29, 1.82) is 5.26 Å². The van der Waals surface area contributed by atoms with Crippen molar-refractivity contribution in [3.63, 3.8) is 0 Å². The molecule has 0 saturated heterocycles. The third kappa shape index (κ3) is 2.90. The first-order valence-corrected chi connectivity index (χ1v) is 5.96. The lowest BCUT2D eigenvalue weighted by Crippen LogP contribution is -1.99. The largest absolute Gasteiger partial charge is 0.495 e. The van der Waals surface area contributed by atoms with Gasteiger partial charge in [-0.15, -0.1) is 0 Å². The fourth-order valence-electron chi connectivity index (χ4n) is 1.55. The van der Waals surface area contributed by atoms with Gasteiger partial charge in [0.15, 0.2) is 5.69 Å². The van der Waals surface area contributed by atoms with E-state index < -0.39 is 0 Å². The third-order valence-corrected chi connectivity index (χ3v) is 2.80. The standard InChI is InChI=1S/C13H11ClN4O2/c1-19-11-4-12(20-2)10(3-9(11)14)18-13-7-16-8(5-15)6-17-13/h3-4,6-7H,1-2H3,(H,17,18). The molecule has 0 saturated carbocycles. The molecule has 0 bridgehead atoms. The summed E-state index contributed by atoms with van der Waals surface area (Å²) >= 11 is 6.07. The second-order valence-electron chi connectivity index (χ2n) is 3.71. The van der Waals surface area contributed by atoms with Gasteiger partial charge in [0.05, 0.1) is 37.3 Å². The zero-order valence-electron chi connectivity index (χ0n) is 10.8. The van der Waals surface area contributed by atoms with Gasteiger partial charge in [-0.3, -0.25) is 0 Å². The van der Waals surface area contributed by atoms with Crippen molar-refractivity contribution in [3.05, 3.63) is 35.2 Å². The van der Waals surface area contributed by atoms with Crippen molar-refractivity contribution in [2.24, 2.45) is 0 Å². The van der Waals surface area contributed by atoms with Crippen LogP contribution in [0.15, 0.2) is 24.5 Å². The second kappa shape index (κ2) is 6.08. The molecule has 20 heavy (non-hydrogen) atoms. The zero-order valence-corrected chi connectivity index (χ0v) is 11.6. The van der Waals surface area contributed by atoms with Crippen LogP contribution in [0.3, 0.4) is 0 Å². The monoisotopic (exact) mass is 290 g/mol. The summed E-state index contributed by atoms with van der Waals surface area (Å²) < 4.78 is 10.4. The molecule has 0 radical (unpaired) electrons. The SMILES string of the molecule is COc1cc(OC)c(Nc2cnc(C#N)cn2)cc1Cl. The van der Waals surface area contributed by atoms with Gasteiger partial charge in [-0.2, -0.15) is 5.26 Å². The van der Waals surface area contributed by atoms with Gasteiger partial charge in [0.2, 0.25) is 0 Å². The smallest absolute Gasteiger partial charge is 0.158 e. The summed E-state index contributed by atoms with van der Waals surface area (Å²) in [6, 6.07) is 5.24. The summed E-state index contributed by atoms with van der Waals surface area (Å²) in [5.74, 6) is 1.54. The van der Waals surface area contributed by atoms with E-state index in [-0.39, 0.29) is 5.69 Å². The highest BCUT2D eigenvalue weighted by Gasteiger charge is 2.10. The molecule has 1 heterocycles. The molecule has 1 aromatic carbocycles. The van der Waals surface area contributed by atoms with Gasteiger partial charge >= 0.3 is 0 Å². The number of hydrogen-bond donors (Lipinski definition) is 1. The lowest BCUT2D eigenvalue weighted by Gasteiger charge is -2.13. The van der Waals surface area contributed by atoms with Gasteiger partial charge in [-0.1, -0.05) is 11.6 Å². The highest BCUT2D eigenvalue weighted by molar-refractivity contribution is 6.32. The third-order valence-electron chi connectivity index (χ3n) is 2.50. The Hall–Kier alpha value is -2.52. The molecule has 0 fully saturated rings. The first-order valence-electron chi connectivity index (χ1n) is 5.58. The maximum atomic E-state index is 8.67. The molecule has 7 heteroatoms. The molecule has 0 aliphatic carbocycles. The average molecular weight is 291 g/mol. The lowest BCUT2D eigenvalue weighted by atomic mass is 10.2. The van der Waals surface area contributed by atoms with Crippen molar-refractivity contribution < 1.29 is 9.47 Å². The van der Waals surface area contributed by atoms with Crippen LogP contribution in [0.1, 0.15) is 5.69 Å². The average Bonchev–Trinajstić information content (AvgIpc) is 2.48. The fraction of sp³-hybridized carbons (Fsp3) is 0.154. The Balaban J connectivity index is 2.32.